The van der Waals surface area contributed by atoms with Gasteiger partial charge in [0.05, 0.1) is 6.61 Å². The SMILES string of the molecule is CCCC(I)C(CCC)C(F)(F)C(=O)OCC. The molecule has 5 heteroatoms. The number of rotatable bonds is 8. The minimum atomic E-state index is -3.37. The molecule has 0 aromatic carbocycles. The number of hydrogen-bond acceptors (Lipinski definition) is 2. The van der Waals surface area contributed by atoms with Crippen LogP contribution in [0, 0.1) is 5.92 Å². The number of ether oxygens (including phenoxy) is 1. The Morgan fingerprint density at radius 2 is 1.76 bits per heavy atom. The maximum absolute atomic E-state index is 14.0. The van der Waals surface area contributed by atoms with Crippen molar-refractivity contribution >= 4 is 28.6 Å². The monoisotopic (exact) mass is 362 g/mol. The first-order chi connectivity index (χ1) is 7.91. The summed E-state index contributed by atoms with van der Waals surface area (Å²) in [7, 11) is 0. The average molecular weight is 362 g/mol. The second kappa shape index (κ2) is 8.21. The predicted molar refractivity (Wildman–Crippen MR) is 72.7 cm³/mol. The molecule has 0 bridgehead atoms. The zero-order valence-electron chi connectivity index (χ0n) is 10.6. The summed E-state index contributed by atoms with van der Waals surface area (Å²) in [6, 6.07) is 0. The van der Waals surface area contributed by atoms with Crippen LogP contribution in [-0.4, -0.2) is 22.4 Å². The normalized spacial score (nSPS) is 15.4. The minimum absolute atomic E-state index is 0.00699. The molecule has 0 aliphatic rings. The molecule has 17 heavy (non-hydrogen) atoms. The summed E-state index contributed by atoms with van der Waals surface area (Å²) in [5.41, 5.74) is 0. The van der Waals surface area contributed by atoms with Crippen LogP contribution in [0.15, 0.2) is 0 Å². The van der Waals surface area contributed by atoms with Crippen LogP contribution in [0.5, 0.6) is 0 Å². The van der Waals surface area contributed by atoms with Crippen molar-refractivity contribution in [3.63, 3.8) is 0 Å². The number of halogens is 3. The van der Waals surface area contributed by atoms with Crippen molar-refractivity contribution in [3.05, 3.63) is 0 Å². The first-order valence-electron chi connectivity index (χ1n) is 6.10. The number of esters is 1. The fourth-order valence-electron chi connectivity index (χ4n) is 1.76. The number of alkyl halides is 3. The van der Waals surface area contributed by atoms with Gasteiger partial charge in [-0.15, -0.1) is 0 Å². The molecule has 0 heterocycles. The summed E-state index contributed by atoms with van der Waals surface area (Å²) in [5.74, 6) is -5.67. The van der Waals surface area contributed by atoms with Crippen LogP contribution in [0.2, 0.25) is 0 Å². The van der Waals surface area contributed by atoms with Crippen LogP contribution in [0.4, 0.5) is 8.78 Å². The summed E-state index contributed by atoms with van der Waals surface area (Å²) in [5, 5.41) is 0. The molecular formula is C12H21F2IO2. The quantitative estimate of drug-likeness (QED) is 0.367. The highest BCUT2D eigenvalue weighted by atomic mass is 127. The minimum Gasteiger partial charge on any atom is -0.462 e. The molecule has 0 amide bonds. The molecule has 0 fully saturated rings. The van der Waals surface area contributed by atoms with Crippen molar-refractivity contribution in [2.75, 3.05) is 6.61 Å². The summed E-state index contributed by atoms with van der Waals surface area (Å²) < 4.78 is 32.2. The maximum Gasteiger partial charge on any atom is 0.377 e. The van der Waals surface area contributed by atoms with Gasteiger partial charge in [-0.05, 0) is 19.8 Å². The Kier molecular flexibility index (Phi) is 8.24. The van der Waals surface area contributed by atoms with E-state index in [0.717, 1.165) is 6.42 Å². The van der Waals surface area contributed by atoms with Gasteiger partial charge in [-0.25, -0.2) is 4.79 Å². The van der Waals surface area contributed by atoms with E-state index in [0.29, 0.717) is 19.3 Å². The van der Waals surface area contributed by atoms with Crippen molar-refractivity contribution in [2.45, 2.75) is 56.3 Å². The third kappa shape index (κ3) is 5.06. The van der Waals surface area contributed by atoms with E-state index in [1.807, 2.05) is 36.4 Å². The zero-order valence-corrected chi connectivity index (χ0v) is 12.8. The molecule has 102 valence electrons. The molecule has 0 aromatic heterocycles. The molecule has 0 saturated heterocycles. The van der Waals surface area contributed by atoms with Crippen LogP contribution in [0.25, 0.3) is 0 Å². The van der Waals surface area contributed by atoms with Crippen molar-refractivity contribution in [1.82, 2.24) is 0 Å². The topological polar surface area (TPSA) is 26.3 Å². The Labute approximate surface area is 116 Å². The standard InChI is InChI=1S/C12H21F2IO2/c1-4-7-9(10(15)8-5-2)12(13,14)11(16)17-6-3/h9-10H,4-8H2,1-3H3. The molecule has 0 N–H and O–H groups in total. The van der Waals surface area contributed by atoms with Crippen LogP contribution < -0.4 is 0 Å². The first-order valence-corrected chi connectivity index (χ1v) is 7.35. The van der Waals surface area contributed by atoms with E-state index < -0.39 is 17.8 Å². The number of carbonyl (C=O) groups is 1. The average Bonchev–Trinajstić information content (AvgIpc) is 2.26. The van der Waals surface area contributed by atoms with Crippen LogP contribution in [-0.2, 0) is 9.53 Å². The fraction of sp³-hybridized carbons (Fsp3) is 0.917. The summed E-state index contributed by atoms with van der Waals surface area (Å²) >= 11 is 2.03. The molecule has 0 aliphatic carbocycles. The third-order valence-corrected chi connectivity index (χ3v) is 4.10. The van der Waals surface area contributed by atoms with E-state index in [1.165, 1.54) is 6.92 Å². The predicted octanol–water partition coefficient (Wildman–Crippen LogP) is 4.20. The fourth-order valence-corrected chi connectivity index (χ4v) is 3.19. The molecule has 2 nitrogen and oxygen atoms in total. The van der Waals surface area contributed by atoms with Crippen molar-refractivity contribution in [2.24, 2.45) is 5.92 Å². The Bertz CT molecular complexity index is 235. The molecule has 2 unspecified atom stereocenters. The highest BCUT2D eigenvalue weighted by molar-refractivity contribution is 14.1. The van der Waals surface area contributed by atoms with Crippen molar-refractivity contribution in [3.8, 4) is 0 Å². The summed E-state index contributed by atoms with van der Waals surface area (Å²) in [4.78, 5) is 11.3. The molecule has 0 saturated carbocycles. The highest BCUT2D eigenvalue weighted by Crippen LogP contribution is 2.37. The Hall–Kier alpha value is 0.0600. The number of hydrogen-bond donors (Lipinski definition) is 0. The van der Waals surface area contributed by atoms with Gasteiger partial charge < -0.3 is 4.74 Å². The van der Waals surface area contributed by atoms with Gasteiger partial charge in [0.2, 0.25) is 0 Å². The summed E-state index contributed by atoms with van der Waals surface area (Å²) in [6.07, 6.45) is 2.52. The highest BCUT2D eigenvalue weighted by Gasteiger charge is 2.50. The Balaban J connectivity index is 4.81. The van der Waals surface area contributed by atoms with Gasteiger partial charge in [-0.2, -0.15) is 8.78 Å². The number of carbonyl (C=O) groups excluding carboxylic acids is 1. The van der Waals surface area contributed by atoms with Crippen LogP contribution >= 0.6 is 22.6 Å². The molecule has 0 spiro atoms. The lowest BCUT2D eigenvalue weighted by Crippen LogP contribution is -2.43. The van der Waals surface area contributed by atoms with Gasteiger partial charge in [-0.1, -0.05) is 49.3 Å². The van der Waals surface area contributed by atoms with Crippen LogP contribution in [0.1, 0.15) is 46.5 Å². The van der Waals surface area contributed by atoms with Gasteiger partial charge in [0, 0.05) is 9.84 Å². The molecule has 2 atom stereocenters. The molecule has 0 rings (SSSR count). The molecule has 0 aliphatic heterocycles. The smallest absolute Gasteiger partial charge is 0.377 e. The lowest BCUT2D eigenvalue weighted by molar-refractivity contribution is -0.180. The Morgan fingerprint density at radius 3 is 2.18 bits per heavy atom. The zero-order chi connectivity index (χ0) is 13.5. The van der Waals surface area contributed by atoms with Crippen LogP contribution in [0.3, 0.4) is 0 Å². The van der Waals surface area contributed by atoms with E-state index in [1.54, 1.807) is 0 Å². The molecule has 0 aromatic rings. The van der Waals surface area contributed by atoms with E-state index in [2.05, 4.69) is 4.74 Å². The third-order valence-electron chi connectivity index (χ3n) is 2.61. The van der Waals surface area contributed by atoms with E-state index in [4.69, 9.17) is 0 Å². The van der Waals surface area contributed by atoms with E-state index in [-0.39, 0.29) is 10.5 Å². The van der Waals surface area contributed by atoms with Gasteiger partial charge in [0.25, 0.3) is 0 Å². The van der Waals surface area contributed by atoms with Gasteiger partial charge in [0.15, 0.2) is 0 Å². The van der Waals surface area contributed by atoms with E-state index in [9.17, 15) is 13.6 Å². The summed E-state index contributed by atoms with van der Waals surface area (Å²) in [6.45, 7) is 5.34. The second-order valence-electron chi connectivity index (χ2n) is 4.04. The second-order valence-corrected chi connectivity index (χ2v) is 5.64. The first kappa shape index (κ1) is 17.1. The van der Waals surface area contributed by atoms with Crippen molar-refractivity contribution < 1.29 is 18.3 Å². The van der Waals surface area contributed by atoms with Gasteiger partial charge in [-0.3, -0.25) is 0 Å². The Morgan fingerprint density at radius 1 is 1.24 bits per heavy atom. The lowest BCUT2D eigenvalue weighted by Gasteiger charge is -2.28. The largest absolute Gasteiger partial charge is 0.462 e. The van der Waals surface area contributed by atoms with Gasteiger partial charge in [0.1, 0.15) is 0 Å². The lowest BCUT2D eigenvalue weighted by atomic mass is 9.90. The van der Waals surface area contributed by atoms with Gasteiger partial charge >= 0.3 is 11.9 Å². The maximum atomic E-state index is 14.0. The molecular weight excluding hydrogens is 341 g/mol. The molecule has 0 radical (unpaired) electrons. The van der Waals surface area contributed by atoms with Crippen molar-refractivity contribution in [1.29, 1.82) is 0 Å². The van der Waals surface area contributed by atoms with E-state index >= 15 is 0 Å².